The van der Waals surface area contributed by atoms with Crippen molar-refractivity contribution in [1.82, 2.24) is 24.9 Å². The van der Waals surface area contributed by atoms with Gasteiger partial charge in [0.2, 0.25) is 5.91 Å². The highest BCUT2D eigenvalue weighted by atomic mass is 16.5. The van der Waals surface area contributed by atoms with Crippen molar-refractivity contribution in [3.8, 4) is 0 Å². The van der Waals surface area contributed by atoms with Crippen molar-refractivity contribution in [3.05, 3.63) is 0 Å². The first kappa shape index (κ1) is 44.5. The first-order valence-electron chi connectivity index (χ1n) is 17.1. The van der Waals surface area contributed by atoms with Crippen LogP contribution in [0.5, 0.6) is 0 Å². The number of amides is 1. The van der Waals surface area contributed by atoms with Crippen LogP contribution in [0.4, 0.5) is 0 Å². The number of hydrogen-bond donors (Lipinski definition) is 5. The van der Waals surface area contributed by atoms with Gasteiger partial charge in [0.15, 0.2) is 0 Å². The summed E-state index contributed by atoms with van der Waals surface area (Å²) in [5, 5.41) is 30.9. The minimum atomic E-state index is -1.01. The van der Waals surface area contributed by atoms with Crippen LogP contribution in [0.15, 0.2) is 0 Å². The normalized spacial score (nSPS) is 16.9. The lowest BCUT2D eigenvalue weighted by atomic mass is 10.0. The molecule has 0 radical (unpaired) electrons. The Morgan fingerprint density at radius 3 is 1.39 bits per heavy atom. The predicted molar refractivity (Wildman–Crippen MR) is 182 cm³/mol. The van der Waals surface area contributed by atoms with Gasteiger partial charge in [-0.15, -0.1) is 0 Å². The summed E-state index contributed by atoms with van der Waals surface area (Å²) in [4.78, 5) is 54.1. The molecule has 6 N–H and O–H groups in total. The molecule has 17 nitrogen and oxygen atoms in total. The number of aliphatic carboxylic acids is 3. The Bertz CT molecular complexity index is 940. The molecule has 0 aromatic rings. The van der Waals surface area contributed by atoms with E-state index in [9.17, 15) is 34.5 Å². The van der Waals surface area contributed by atoms with Gasteiger partial charge in [-0.2, -0.15) is 0 Å². The second kappa shape index (κ2) is 24.6. The van der Waals surface area contributed by atoms with E-state index in [2.05, 4.69) is 5.32 Å². The Balaban J connectivity index is 2.49. The van der Waals surface area contributed by atoms with Crippen molar-refractivity contribution in [3.63, 3.8) is 0 Å². The molecule has 0 saturated carbocycles. The van der Waals surface area contributed by atoms with Gasteiger partial charge in [0.25, 0.3) is 0 Å². The van der Waals surface area contributed by atoms with E-state index in [4.69, 9.17) is 24.7 Å². The zero-order valence-electron chi connectivity index (χ0n) is 30.0. The molecular formula is C32H62N6O11. The van der Waals surface area contributed by atoms with Gasteiger partial charge >= 0.3 is 17.9 Å². The molecule has 1 aliphatic heterocycles. The molecule has 17 heteroatoms. The molecule has 1 amide bonds. The minimum Gasteiger partial charge on any atom is -0.480 e. The van der Waals surface area contributed by atoms with E-state index < -0.39 is 23.5 Å². The minimum absolute atomic E-state index is 0.0455. The van der Waals surface area contributed by atoms with Crippen LogP contribution in [-0.4, -0.2) is 201 Å². The van der Waals surface area contributed by atoms with Crippen LogP contribution < -0.4 is 11.1 Å². The van der Waals surface area contributed by atoms with Gasteiger partial charge in [-0.1, -0.05) is 0 Å². The number of nitrogens with zero attached hydrogens (tertiary/aromatic N) is 4. The Morgan fingerprint density at radius 2 is 0.959 bits per heavy atom. The van der Waals surface area contributed by atoms with E-state index >= 15 is 0 Å². The quantitative estimate of drug-likeness (QED) is 0.0756. The Kier molecular flexibility index (Phi) is 22.4. The summed E-state index contributed by atoms with van der Waals surface area (Å²) >= 11 is 0. The molecule has 0 spiro atoms. The summed E-state index contributed by atoms with van der Waals surface area (Å²) in [6.45, 7) is 13.6. The first-order valence-corrected chi connectivity index (χ1v) is 17.1. The zero-order valence-corrected chi connectivity index (χ0v) is 30.0. The lowest BCUT2D eigenvalue weighted by molar-refractivity contribution is -0.140. The number of nitrogens with two attached hydrogens (primary N) is 1. The van der Waals surface area contributed by atoms with Crippen LogP contribution in [0.1, 0.15) is 40.5 Å². The number of nitrogens with one attached hydrogen (secondary N) is 1. The first-order chi connectivity index (χ1) is 23.1. The maximum atomic E-state index is 12.8. The number of carbonyl (C=O) groups is 4. The van der Waals surface area contributed by atoms with Crippen LogP contribution in [0.25, 0.3) is 0 Å². The van der Waals surface area contributed by atoms with Crippen molar-refractivity contribution in [2.24, 2.45) is 5.73 Å². The Labute approximate surface area is 290 Å². The Morgan fingerprint density at radius 1 is 0.571 bits per heavy atom. The fourth-order valence-corrected chi connectivity index (χ4v) is 5.01. The van der Waals surface area contributed by atoms with E-state index in [0.717, 1.165) is 6.42 Å². The molecule has 0 aliphatic carbocycles. The fraction of sp³-hybridized carbons (Fsp3) is 0.875. The number of ether oxygens (including phenoxy) is 4. The van der Waals surface area contributed by atoms with Crippen LogP contribution >= 0.6 is 0 Å². The number of carboxylic acid groups (broad SMARTS) is 3. The average molecular weight is 707 g/mol. The highest BCUT2D eigenvalue weighted by Crippen LogP contribution is 2.19. The SMILES string of the molecule is CC(C)(CCOCCN)OCCC(C)(C)OCCOCCNC(=O)CN1CCN(CC(=O)O)CCN(CC(=O)O)CCN(CC(=O)O)CC1. The summed E-state index contributed by atoms with van der Waals surface area (Å²) in [5.74, 6) is -3.25. The van der Waals surface area contributed by atoms with Gasteiger partial charge in [-0.05, 0) is 40.5 Å². The summed E-state index contributed by atoms with van der Waals surface area (Å²) in [6.07, 6.45) is 1.47. The number of carbonyl (C=O) groups excluding carboxylic acids is 1. The molecule has 1 heterocycles. The molecule has 1 rings (SSSR count). The molecule has 0 bridgehead atoms. The topological polar surface area (TPSA) is 217 Å². The summed E-state index contributed by atoms with van der Waals surface area (Å²) in [5.41, 5.74) is 4.74. The number of rotatable bonds is 24. The van der Waals surface area contributed by atoms with Crippen molar-refractivity contribution >= 4 is 23.8 Å². The monoisotopic (exact) mass is 706 g/mol. The number of hydrogen-bond acceptors (Lipinski definition) is 13. The van der Waals surface area contributed by atoms with Crippen molar-refractivity contribution in [2.75, 3.05) is 131 Å². The van der Waals surface area contributed by atoms with Gasteiger partial charge in [-0.3, -0.25) is 38.8 Å². The van der Waals surface area contributed by atoms with Crippen molar-refractivity contribution < 1.29 is 53.4 Å². The smallest absolute Gasteiger partial charge is 0.317 e. The van der Waals surface area contributed by atoms with Gasteiger partial charge in [0, 0.05) is 72.1 Å². The largest absolute Gasteiger partial charge is 0.480 e. The van der Waals surface area contributed by atoms with Gasteiger partial charge in [0.05, 0.1) is 70.4 Å². The van der Waals surface area contributed by atoms with E-state index in [1.807, 2.05) is 32.6 Å². The molecule has 0 unspecified atom stereocenters. The lowest BCUT2D eigenvalue weighted by Crippen LogP contribution is -2.50. The third kappa shape index (κ3) is 24.3. The molecule has 1 aliphatic rings. The maximum absolute atomic E-state index is 12.8. The maximum Gasteiger partial charge on any atom is 0.317 e. The van der Waals surface area contributed by atoms with Gasteiger partial charge in [-0.25, -0.2) is 0 Å². The second-order valence-electron chi connectivity index (χ2n) is 13.4. The summed E-state index contributed by atoms with van der Waals surface area (Å²) in [6, 6.07) is 0. The predicted octanol–water partition coefficient (Wildman–Crippen LogP) is -1.06. The van der Waals surface area contributed by atoms with Crippen molar-refractivity contribution in [2.45, 2.75) is 51.7 Å². The molecule has 1 fully saturated rings. The zero-order chi connectivity index (χ0) is 36.7. The lowest BCUT2D eigenvalue weighted by Gasteiger charge is -2.32. The second-order valence-corrected chi connectivity index (χ2v) is 13.4. The molecule has 286 valence electrons. The summed E-state index contributed by atoms with van der Waals surface area (Å²) in [7, 11) is 0. The van der Waals surface area contributed by atoms with E-state index in [1.54, 1.807) is 14.7 Å². The Hall–Kier alpha value is -2.48. The molecule has 1 saturated heterocycles. The van der Waals surface area contributed by atoms with Crippen LogP contribution in [-0.2, 0) is 38.1 Å². The molecule has 0 atom stereocenters. The van der Waals surface area contributed by atoms with Gasteiger partial charge in [0.1, 0.15) is 0 Å². The molecule has 49 heavy (non-hydrogen) atoms. The standard InChI is InChI=1S/C32H62N6O11/c1-31(2,5-17-46-19-7-33)48-18-6-32(3,4)49-22-21-47-20-8-34-27(39)23-35-9-11-36(24-28(40)41)13-15-38(26-30(44)45)16-14-37(12-10-35)25-29(42)43/h5-26,33H2,1-4H3,(H,34,39)(H,40,41)(H,42,43)(H,44,45). The van der Waals surface area contributed by atoms with Crippen LogP contribution in [0.3, 0.4) is 0 Å². The average Bonchev–Trinajstić information content (AvgIpc) is 2.99. The van der Waals surface area contributed by atoms with Crippen LogP contribution in [0.2, 0.25) is 0 Å². The van der Waals surface area contributed by atoms with Crippen molar-refractivity contribution in [1.29, 1.82) is 0 Å². The summed E-state index contributed by atoms with van der Waals surface area (Å²) < 4.78 is 23.1. The van der Waals surface area contributed by atoms with E-state index in [0.29, 0.717) is 112 Å². The van der Waals surface area contributed by atoms with Gasteiger partial charge < -0.3 is 45.3 Å². The highest BCUT2D eigenvalue weighted by Gasteiger charge is 2.23. The molecule has 0 aromatic heterocycles. The molecular weight excluding hydrogens is 644 g/mol. The number of carboxylic acids is 3. The highest BCUT2D eigenvalue weighted by molar-refractivity contribution is 5.78. The van der Waals surface area contributed by atoms with Crippen LogP contribution in [0, 0.1) is 0 Å². The van der Waals surface area contributed by atoms with E-state index in [1.165, 1.54) is 0 Å². The third-order valence-electron chi connectivity index (χ3n) is 7.97. The molecule has 0 aromatic carbocycles. The van der Waals surface area contributed by atoms with E-state index in [-0.39, 0.29) is 37.7 Å². The third-order valence-corrected chi connectivity index (χ3v) is 7.97. The fourth-order valence-electron chi connectivity index (χ4n) is 5.01.